The first kappa shape index (κ1) is 19.7. The van der Waals surface area contributed by atoms with Crippen LogP contribution in [0.15, 0.2) is 23.3 Å². The summed E-state index contributed by atoms with van der Waals surface area (Å²) in [7, 11) is 1.74. The number of unbranched alkanes of at least 4 members (excludes halogenated alkanes) is 1. The van der Waals surface area contributed by atoms with E-state index in [2.05, 4.69) is 38.9 Å². The highest BCUT2D eigenvalue weighted by Crippen LogP contribution is 2.08. The van der Waals surface area contributed by atoms with Gasteiger partial charge in [-0.25, -0.2) is 4.98 Å². The molecule has 0 atom stereocenters. The van der Waals surface area contributed by atoms with Gasteiger partial charge in [-0.15, -0.1) is 0 Å². The lowest BCUT2D eigenvalue weighted by molar-refractivity contribution is 0.129. The lowest BCUT2D eigenvalue weighted by Gasteiger charge is -2.13. The molecule has 7 nitrogen and oxygen atoms in total. The Hall–Kier alpha value is -2.33. The zero-order chi connectivity index (χ0) is 17.5. The maximum atomic E-state index is 9.00. The van der Waals surface area contributed by atoms with Gasteiger partial charge in [0.1, 0.15) is 11.9 Å². The van der Waals surface area contributed by atoms with Crippen LogP contribution in [0.1, 0.15) is 31.7 Å². The molecule has 0 bridgehead atoms. The number of nitrogens with zero attached hydrogens (tertiary/aromatic N) is 3. The van der Waals surface area contributed by atoms with Crippen molar-refractivity contribution in [3.05, 3.63) is 23.9 Å². The number of anilines is 1. The summed E-state index contributed by atoms with van der Waals surface area (Å²) in [6, 6.07) is 5.61. The molecule has 132 valence electrons. The maximum absolute atomic E-state index is 9.00. The van der Waals surface area contributed by atoms with Crippen molar-refractivity contribution in [1.82, 2.24) is 15.6 Å². The predicted molar refractivity (Wildman–Crippen MR) is 97.2 cm³/mol. The minimum atomic E-state index is 0.545. The maximum Gasteiger partial charge on any atom is 0.191 e. The summed E-state index contributed by atoms with van der Waals surface area (Å²) >= 11 is 0. The van der Waals surface area contributed by atoms with E-state index in [1.807, 2.05) is 0 Å². The van der Waals surface area contributed by atoms with Crippen LogP contribution in [0.5, 0.6) is 0 Å². The molecule has 1 heterocycles. The van der Waals surface area contributed by atoms with Crippen LogP contribution in [0.2, 0.25) is 0 Å². The highest BCUT2D eigenvalue weighted by molar-refractivity contribution is 5.79. The molecule has 0 saturated carbocycles. The molecule has 0 fully saturated rings. The van der Waals surface area contributed by atoms with Crippen molar-refractivity contribution in [1.29, 1.82) is 5.26 Å². The average Bonchev–Trinajstić information content (AvgIpc) is 2.63. The summed E-state index contributed by atoms with van der Waals surface area (Å²) in [6.07, 6.45) is 4.90. The van der Waals surface area contributed by atoms with Crippen LogP contribution in [0.3, 0.4) is 0 Å². The van der Waals surface area contributed by atoms with Gasteiger partial charge in [0.25, 0.3) is 0 Å². The van der Waals surface area contributed by atoms with Crippen molar-refractivity contribution in [2.45, 2.75) is 26.2 Å². The topological polar surface area (TPSA) is 94.4 Å². The SMILES string of the molecule is CCCCOCCCNC(=NC)NCCNc1ncccc1C#N. The summed E-state index contributed by atoms with van der Waals surface area (Å²) < 4.78 is 5.52. The molecule has 1 aromatic rings. The molecule has 0 spiro atoms. The quantitative estimate of drug-likeness (QED) is 0.325. The van der Waals surface area contributed by atoms with Crippen LogP contribution in [0, 0.1) is 11.3 Å². The van der Waals surface area contributed by atoms with E-state index in [1.165, 1.54) is 0 Å². The highest BCUT2D eigenvalue weighted by Gasteiger charge is 2.01. The Morgan fingerprint density at radius 1 is 1.25 bits per heavy atom. The van der Waals surface area contributed by atoms with Crippen molar-refractivity contribution < 1.29 is 4.74 Å². The van der Waals surface area contributed by atoms with Crippen molar-refractivity contribution in [2.75, 3.05) is 45.2 Å². The minimum Gasteiger partial charge on any atom is -0.381 e. The number of nitriles is 1. The molecule has 0 aliphatic heterocycles. The molecule has 0 aliphatic rings. The number of ether oxygens (including phenoxy) is 1. The van der Waals surface area contributed by atoms with Gasteiger partial charge in [-0.1, -0.05) is 13.3 Å². The van der Waals surface area contributed by atoms with Crippen LogP contribution in [0.25, 0.3) is 0 Å². The largest absolute Gasteiger partial charge is 0.381 e. The van der Waals surface area contributed by atoms with Crippen molar-refractivity contribution in [3.8, 4) is 6.07 Å². The van der Waals surface area contributed by atoms with Gasteiger partial charge in [0, 0.05) is 46.1 Å². The summed E-state index contributed by atoms with van der Waals surface area (Å²) in [5, 5.41) is 18.6. The van der Waals surface area contributed by atoms with Crippen molar-refractivity contribution >= 4 is 11.8 Å². The monoisotopic (exact) mass is 332 g/mol. The molecule has 0 radical (unpaired) electrons. The normalized spacial score (nSPS) is 11.0. The van der Waals surface area contributed by atoms with Crippen LogP contribution >= 0.6 is 0 Å². The fourth-order valence-corrected chi connectivity index (χ4v) is 1.95. The van der Waals surface area contributed by atoms with Gasteiger partial charge < -0.3 is 20.7 Å². The number of aromatic nitrogens is 1. The smallest absolute Gasteiger partial charge is 0.191 e. The third-order valence-electron chi connectivity index (χ3n) is 3.26. The summed E-state index contributed by atoms with van der Waals surface area (Å²) in [6.45, 7) is 5.90. The second kappa shape index (κ2) is 13.1. The lowest BCUT2D eigenvalue weighted by Crippen LogP contribution is -2.40. The Morgan fingerprint density at radius 3 is 2.79 bits per heavy atom. The van der Waals surface area contributed by atoms with Crippen molar-refractivity contribution in [2.24, 2.45) is 4.99 Å². The van der Waals surface area contributed by atoms with Crippen LogP contribution in [-0.4, -0.2) is 50.8 Å². The van der Waals surface area contributed by atoms with Gasteiger partial charge in [-0.2, -0.15) is 5.26 Å². The fraction of sp³-hybridized carbons (Fsp3) is 0.588. The first-order valence-electron chi connectivity index (χ1n) is 8.43. The fourth-order valence-electron chi connectivity index (χ4n) is 1.95. The van der Waals surface area contributed by atoms with E-state index in [0.717, 1.165) is 45.0 Å². The van der Waals surface area contributed by atoms with Gasteiger partial charge in [-0.05, 0) is 25.0 Å². The number of aliphatic imine (C=N–C) groups is 1. The first-order chi connectivity index (χ1) is 11.8. The average molecular weight is 332 g/mol. The summed E-state index contributed by atoms with van der Waals surface area (Å²) in [5.74, 6) is 1.36. The van der Waals surface area contributed by atoms with Crippen molar-refractivity contribution in [3.63, 3.8) is 0 Å². The molecular formula is C17H28N6O. The molecule has 0 aromatic carbocycles. The van der Waals surface area contributed by atoms with Crippen LogP contribution in [0.4, 0.5) is 5.82 Å². The zero-order valence-electron chi connectivity index (χ0n) is 14.6. The number of rotatable bonds is 11. The number of pyridine rings is 1. The second-order valence-electron chi connectivity index (χ2n) is 5.18. The van der Waals surface area contributed by atoms with Gasteiger partial charge in [0.05, 0.1) is 5.56 Å². The van der Waals surface area contributed by atoms with E-state index in [4.69, 9.17) is 10.00 Å². The van der Waals surface area contributed by atoms with Gasteiger partial charge in [0.15, 0.2) is 5.96 Å². The predicted octanol–water partition coefficient (Wildman–Crippen LogP) is 1.74. The Kier molecular flexibility index (Phi) is 10.8. The second-order valence-corrected chi connectivity index (χ2v) is 5.18. The Morgan fingerprint density at radius 2 is 2.04 bits per heavy atom. The standard InChI is InChI=1S/C17H28N6O/c1-3-4-12-24-13-6-9-22-17(19-2)23-11-10-21-16-15(14-18)7-5-8-20-16/h5,7-8H,3-4,6,9-13H2,1-2H3,(H,20,21)(H2,19,22,23). The van der Waals surface area contributed by atoms with Crippen LogP contribution < -0.4 is 16.0 Å². The summed E-state index contributed by atoms with van der Waals surface area (Å²) in [5.41, 5.74) is 0.545. The van der Waals surface area contributed by atoms with Gasteiger partial charge in [0.2, 0.25) is 0 Å². The first-order valence-corrected chi connectivity index (χ1v) is 8.43. The molecule has 0 aliphatic carbocycles. The van der Waals surface area contributed by atoms with E-state index >= 15 is 0 Å². The van der Waals surface area contributed by atoms with E-state index in [-0.39, 0.29) is 0 Å². The van der Waals surface area contributed by atoms with Gasteiger partial charge in [-0.3, -0.25) is 4.99 Å². The lowest BCUT2D eigenvalue weighted by atomic mass is 10.3. The number of hydrogen-bond donors (Lipinski definition) is 3. The summed E-state index contributed by atoms with van der Waals surface area (Å²) in [4.78, 5) is 8.33. The molecule has 0 amide bonds. The highest BCUT2D eigenvalue weighted by atomic mass is 16.5. The molecule has 24 heavy (non-hydrogen) atoms. The number of nitrogens with one attached hydrogen (secondary N) is 3. The molecule has 3 N–H and O–H groups in total. The van der Waals surface area contributed by atoms with E-state index in [1.54, 1.807) is 25.4 Å². The van der Waals surface area contributed by atoms with Gasteiger partial charge >= 0.3 is 0 Å². The van der Waals surface area contributed by atoms with E-state index in [9.17, 15) is 0 Å². The third-order valence-corrected chi connectivity index (χ3v) is 3.26. The molecule has 0 unspecified atom stereocenters. The number of hydrogen-bond acceptors (Lipinski definition) is 5. The molecular weight excluding hydrogens is 304 g/mol. The molecule has 0 saturated heterocycles. The zero-order valence-corrected chi connectivity index (χ0v) is 14.6. The Labute approximate surface area is 144 Å². The molecule has 7 heteroatoms. The Balaban J connectivity index is 2.13. The Bertz CT molecular complexity index is 526. The third kappa shape index (κ3) is 8.34. The molecule has 1 rings (SSSR count). The minimum absolute atomic E-state index is 0.545. The van der Waals surface area contributed by atoms with E-state index in [0.29, 0.717) is 24.5 Å². The molecule has 1 aromatic heterocycles. The number of guanidine groups is 1. The van der Waals surface area contributed by atoms with E-state index < -0.39 is 0 Å². The van der Waals surface area contributed by atoms with Crippen LogP contribution in [-0.2, 0) is 4.74 Å².